The van der Waals surface area contributed by atoms with Crippen LogP contribution in [-0.4, -0.2) is 41.0 Å². The molecule has 1 aromatic rings. The highest BCUT2D eigenvalue weighted by Gasteiger charge is 2.16. The van der Waals surface area contributed by atoms with E-state index in [1.807, 2.05) is 6.07 Å². The number of nitrogens with zero attached hydrogens (tertiary/aromatic N) is 3. The van der Waals surface area contributed by atoms with Gasteiger partial charge in [0.05, 0.1) is 0 Å². The Hall–Kier alpha value is -0.680. The van der Waals surface area contributed by atoms with Crippen molar-refractivity contribution in [2.75, 3.05) is 25.5 Å². The van der Waals surface area contributed by atoms with Gasteiger partial charge in [-0.1, -0.05) is 0 Å². The molecule has 0 saturated carbocycles. The minimum atomic E-state index is 0.510. The number of likely N-dealkylation sites (tertiary alicyclic amines) is 1. The molecular formula is C10H15BrN4. The highest BCUT2D eigenvalue weighted by Crippen LogP contribution is 2.14. The second-order valence-corrected chi connectivity index (χ2v) is 4.74. The summed E-state index contributed by atoms with van der Waals surface area (Å²) in [5.41, 5.74) is 0. The average molecular weight is 271 g/mol. The minimum Gasteiger partial charge on any atom is -0.351 e. The number of hydrogen-bond acceptors (Lipinski definition) is 4. The van der Waals surface area contributed by atoms with Crippen LogP contribution in [0.3, 0.4) is 0 Å². The summed E-state index contributed by atoms with van der Waals surface area (Å²) in [6.45, 7) is 2.29. The van der Waals surface area contributed by atoms with E-state index in [1.165, 1.54) is 0 Å². The number of halogens is 1. The number of hydrogen-bond donors (Lipinski definition) is 1. The van der Waals surface area contributed by atoms with Gasteiger partial charge in [0.15, 0.2) is 0 Å². The number of piperidine rings is 1. The summed E-state index contributed by atoms with van der Waals surface area (Å²) in [7, 11) is 2.16. The maximum absolute atomic E-state index is 4.27. The predicted octanol–water partition coefficient (Wildman–Crippen LogP) is 1.75. The molecule has 15 heavy (non-hydrogen) atoms. The fourth-order valence-corrected chi connectivity index (χ4v) is 2.03. The molecule has 2 heterocycles. The van der Waals surface area contributed by atoms with Crippen molar-refractivity contribution in [2.24, 2.45) is 0 Å². The Bertz CT molecular complexity index is 323. The summed E-state index contributed by atoms with van der Waals surface area (Å²) >= 11 is 3.34. The fourth-order valence-electron chi connectivity index (χ4n) is 1.74. The van der Waals surface area contributed by atoms with Crippen molar-refractivity contribution in [3.05, 3.63) is 16.9 Å². The van der Waals surface area contributed by atoms with Crippen LogP contribution < -0.4 is 5.32 Å². The van der Waals surface area contributed by atoms with Gasteiger partial charge in [-0.3, -0.25) is 0 Å². The lowest BCUT2D eigenvalue weighted by Gasteiger charge is -2.29. The fraction of sp³-hybridized carbons (Fsp3) is 0.600. The Morgan fingerprint density at radius 3 is 2.87 bits per heavy atom. The van der Waals surface area contributed by atoms with Crippen LogP contribution in [0.5, 0.6) is 0 Å². The van der Waals surface area contributed by atoms with Crippen LogP contribution in [0.4, 0.5) is 5.95 Å². The molecule has 0 radical (unpaired) electrons. The van der Waals surface area contributed by atoms with Crippen LogP contribution in [0.2, 0.25) is 0 Å². The van der Waals surface area contributed by atoms with Crippen molar-refractivity contribution in [2.45, 2.75) is 18.9 Å². The summed E-state index contributed by atoms with van der Waals surface area (Å²) in [5.74, 6) is 0.721. The summed E-state index contributed by atoms with van der Waals surface area (Å²) < 4.78 is 0.827. The van der Waals surface area contributed by atoms with Crippen molar-refractivity contribution < 1.29 is 0 Å². The molecule has 1 saturated heterocycles. The number of aromatic nitrogens is 2. The van der Waals surface area contributed by atoms with Gasteiger partial charge in [0.25, 0.3) is 0 Å². The smallest absolute Gasteiger partial charge is 0.223 e. The maximum atomic E-state index is 4.27. The van der Waals surface area contributed by atoms with Gasteiger partial charge >= 0.3 is 0 Å². The normalized spacial score (nSPS) is 19.1. The molecule has 1 aliphatic rings. The van der Waals surface area contributed by atoms with E-state index >= 15 is 0 Å². The summed E-state index contributed by atoms with van der Waals surface area (Å²) in [6.07, 6.45) is 4.08. The molecule has 0 spiro atoms. The molecule has 82 valence electrons. The van der Waals surface area contributed by atoms with E-state index in [4.69, 9.17) is 0 Å². The average Bonchev–Trinajstić information content (AvgIpc) is 2.22. The van der Waals surface area contributed by atoms with Crippen LogP contribution in [0.15, 0.2) is 16.9 Å². The molecule has 2 rings (SSSR count). The second kappa shape index (κ2) is 4.90. The highest BCUT2D eigenvalue weighted by atomic mass is 79.9. The van der Waals surface area contributed by atoms with Gasteiger partial charge < -0.3 is 10.2 Å². The van der Waals surface area contributed by atoms with Gasteiger partial charge in [0, 0.05) is 12.2 Å². The van der Waals surface area contributed by atoms with Gasteiger partial charge in [-0.15, -0.1) is 0 Å². The SMILES string of the molecule is CN1CCC(Nc2nccc(Br)n2)CC1. The molecule has 0 atom stereocenters. The zero-order chi connectivity index (χ0) is 10.7. The van der Waals surface area contributed by atoms with E-state index in [2.05, 4.69) is 43.2 Å². The van der Waals surface area contributed by atoms with Gasteiger partial charge in [-0.25, -0.2) is 9.97 Å². The molecule has 0 aliphatic carbocycles. The third kappa shape index (κ3) is 3.14. The highest BCUT2D eigenvalue weighted by molar-refractivity contribution is 9.10. The quantitative estimate of drug-likeness (QED) is 0.832. The van der Waals surface area contributed by atoms with Gasteiger partial charge in [0.1, 0.15) is 4.60 Å². The Morgan fingerprint density at radius 1 is 1.47 bits per heavy atom. The molecule has 5 heteroatoms. The van der Waals surface area contributed by atoms with Crippen molar-refractivity contribution in [1.82, 2.24) is 14.9 Å². The Morgan fingerprint density at radius 2 is 2.20 bits per heavy atom. The first kappa shape index (κ1) is 10.8. The van der Waals surface area contributed by atoms with Gasteiger partial charge in [-0.05, 0) is 55.0 Å². The van der Waals surface area contributed by atoms with Gasteiger partial charge in [-0.2, -0.15) is 0 Å². The lowest BCUT2D eigenvalue weighted by molar-refractivity contribution is 0.263. The predicted molar refractivity (Wildman–Crippen MR) is 63.9 cm³/mol. The minimum absolute atomic E-state index is 0.510. The standard InChI is InChI=1S/C10H15BrN4/c1-15-6-3-8(4-7-15)13-10-12-5-2-9(11)14-10/h2,5,8H,3-4,6-7H2,1H3,(H,12,13,14). The third-order valence-electron chi connectivity index (χ3n) is 2.67. The maximum Gasteiger partial charge on any atom is 0.223 e. The molecule has 0 unspecified atom stereocenters. The molecule has 1 aliphatic heterocycles. The molecule has 0 bridgehead atoms. The van der Waals surface area contributed by atoms with Crippen LogP contribution in [0, 0.1) is 0 Å². The monoisotopic (exact) mass is 270 g/mol. The van der Waals surface area contributed by atoms with Crippen LogP contribution in [0.1, 0.15) is 12.8 Å². The molecule has 0 amide bonds. The molecule has 0 aromatic carbocycles. The van der Waals surface area contributed by atoms with E-state index < -0.39 is 0 Å². The molecule has 1 aromatic heterocycles. The first-order valence-corrected chi connectivity index (χ1v) is 5.97. The van der Waals surface area contributed by atoms with Crippen molar-refractivity contribution in [3.63, 3.8) is 0 Å². The Kier molecular flexibility index (Phi) is 3.53. The van der Waals surface area contributed by atoms with Crippen LogP contribution in [-0.2, 0) is 0 Å². The molecule has 4 nitrogen and oxygen atoms in total. The summed E-state index contributed by atoms with van der Waals surface area (Å²) in [4.78, 5) is 10.8. The van der Waals surface area contributed by atoms with E-state index in [0.29, 0.717) is 6.04 Å². The van der Waals surface area contributed by atoms with Crippen LogP contribution >= 0.6 is 15.9 Å². The van der Waals surface area contributed by atoms with Gasteiger partial charge in [0.2, 0.25) is 5.95 Å². The largest absolute Gasteiger partial charge is 0.351 e. The Labute approximate surface area is 98.2 Å². The lowest BCUT2D eigenvalue weighted by Crippen LogP contribution is -2.37. The number of nitrogens with one attached hydrogen (secondary N) is 1. The topological polar surface area (TPSA) is 41.0 Å². The third-order valence-corrected chi connectivity index (χ3v) is 3.12. The number of rotatable bonds is 2. The van der Waals surface area contributed by atoms with E-state index in [-0.39, 0.29) is 0 Å². The van der Waals surface area contributed by atoms with E-state index in [9.17, 15) is 0 Å². The molecule has 1 N–H and O–H groups in total. The first-order chi connectivity index (χ1) is 7.24. The zero-order valence-corrected chi connectivity index (χ0v) is 10.4. The van der Waals surface area contributed by atoms with Crippen LogP contribution in [0.25, 0.3) is 0 Å². The second-order valence-electron chi connectivity index (χ2n) is 3.92. The molecular weight excluding hydrogens is 256 g/mol. The molecule has 1 fully saturated rings. The van der Waals surface area contributed by atoms with Crippen molar-refractivity contribution in [1.29, 1.82) is 0 Å². The van der Waals surface area contributed by atoms with E-state index in [1.54, 1.807) is 6.20 Å². The summed E-state index contributed by atoms with van der Waals surface area (Å²) in [6, 6.07) is 2.34. The van der Waals surface area contributed by atoms with E-state index in [0.717, 1.165) is 36.5 Å². The van der Waals surface area contributed by atoms with Crippen molar-refractivity contribution in [3.8, 4) is 0 Å². The number of anilines is 1. The first-order valence-electron chi connectivity index (χ1n) is 5.17. The zero-order valence-electron chi connectivity index (χ0n) is 8.78. The van der Waals surface area contributed by atoms with Crippen molar-refractivity contribution >= 4 is 21.9 Å². The Balaban J connectivity index is 1.92. The lowest BCUT2D eigenvalue weighted by atomic mass is 10.1. The summed E-state index contributed by atoms with van der Waals surface area (Å²) in [5, 5.41) is 3.36.